The number of rotatable bonds is 5. The van der Waals surface area contributed by atoms with Gasteiger partial charge in [0, 0.05) is 25.6 Å². The lowest BCUT2D eigenvalue weighted by Gasteiger charge is -2.33. The SMILES string of the molecule is CC(Cl)C(=O)N1CCC(NC(=O)CCc2ccccc2)CC1. The molecule has 1 aromatic carbocycles. The summed E-state index contributed by atoms with van der Waals surface area (Å²) in [6, 6.07) is 10.2. The van der Waals surface area contributed by atoms with Crippen LogP contribution in [0.5, 0.6) is 0 Å². The van der Waals surface area contributed by atoms with Crippen molar-refractivity contribution in [3.05, 3.63) is 35.9 Å². The smallest absolute Gasteiger partial charge is 0.240 e. The fourth-order valence-corrected chi connectivity index (χ4v) is 2.84. The van der Waals surface area contributed by atoms with Gasteiger partial charge in [0.05, 0.1) is 0 Å². The van der Waals surface area contributed by atoms with E-state index in [1.165, 1.54) is 5.56 Å². The van der Waals surface area contributed by atoms with Crippen molar-refractivity contribution < 1.29 is 9.59 Å². The van der Waals surface area contributed by atoms with Crippen LogP contribution in [0.1, 0.15) is 31.7 Å². The van der Waals surface area contributed by atoms with E-state index < -0.39 is 5.38 Å². The molecule has 0 bridgehead atoms. The molecular formula is C17H23ClN2O2. The zero-order valence-corrected chi connectivity index (χ0v) is 13.7. The van der Waals surface area contributed by atoms with Gasteiger partial charge in [0.1, 0.15) is 5.38 Å². The highest BCUT2D eigenvalue weighted by Crippen LogP contribution is 2.13. The normalized spacial score (nSPS) is 17.1. The van der Waals surface area contributed by atoms with Crippen molar-refractivity contribution in [2.75, 3.05) is 13.1 Å². The number of halogens is 1. The fourth-order valence-electron chi connectivity index (χ4n) is 2.70. The van der Waals surface area contributed by atoms with E-state index >= 15 is 0 Å². The minimum Gasteiger partial charge on any atom is -0.353 e. The van der Waals surface area contributed by atoms with Crippen molar-refractivity contribution in [1.82, 2.24) is 10.2 Å². The first-order valence-electron chi connectivity index (χ1n) is 7.82. The molecule has 1 heterocycles. The van der Waals surface area contributed by atoms with Crippen LogP contribution in [0.3, 0.4) is 0 Å². The maximum atomic E-state index is 12.0. The van der Waals surface area contributed by atoms with Gasteiger partial charge in [0.2, 0.25) is 11.8 Å². The third-order valence-electron chi connectivity index (χ3n) is 4.00. The molecule has 1 N–H and O–H groups in total. The van der Waals surface area contributed by atoms with Crippen LogP contribution in [0.15, 0.2) is 30.3 Å². The molecule has 0 saturated carbocycles. The summed E-state index contributed by atoms with van der Waals surface area (Å²) in [7, 11) is 0. The molecule has 2 amide bonds. The number of piperidine rings is 1. The Labute approximate surface area is 136 Å². The molecule has 1 saturated heterocycles. The summed E-state index contributed by atoms with van der Waals surface area (Å²) >= 11 is 5.82. The number of nitrogens with zero attached hydrogens (tertiary/aromatic N) is 1. The second kappa shape index (κ2) is 8.18. The van der Waals surface area contributed by atoms with Gasteiger partial charge in [-0.05, 0) is 31.7 Å². The van der Waals surface area contributed by atoms with Crippen molar-refractivity contribution in [2.24, 2.45) is 0 Å². The summed E-state index contributed by atoms with van der Waals surface area (Å²) < 4.78 is 0. The molecule has 0 aromatic heterocycles. The molecule has 22 heavy (non-hydrogen) atoms. The summed E-state index contributed by atoms with van der Waals surface area (Å²) in [5.74, 6) is 0.0647. The van der Waals surface area contributed by atoms with Gasteiger partial charge >= 0.3 is 0 Å². The standard InChI is InChI=1S/C17H23ClN2O2/c1-13(18)17(22)20-11-9-15(10-12-20)19-16(21)8-7-14-5-3-2-4-6-14/h2-6,13,15H,7-12H2,1H3,(H,19,21). The molecule has 1 aliphatic rings. The molecule has 0 radical (unpaired) electrons. The summed E-state index contributed by atoms with van der Waals surface area (Å²) in [4.78, 5) is 25.6. The molecule has 1 aliphatic heterocycles. The van der Waals surface area contributed by atoms with E-state index in [1.807, 2.05) is 30.3 Å². The monoisotopic (exact) mass is 322 g/mol. The van der Waals surface area contributed by atoms with E-state index in [-0.39, 0.29) is 17.9 Å². The lowest BCUT2D eigenvalue weighted by Crippen LogP contribution is -2.48. The largest absolute Gasteiger partial charge is 0.353 e. The Bertz CT molecular complexity index is 497. The van der Waals surface area contributed by atoms with Gasteiger partial charge in [-0.1, -0.05) is 30.3 Å². The highest BCUT2D eigenvalue weighted by Gasteiger charge is 2.25. The van der Waals surface area contributed by atoms with Gasteiger partial charge in [-0.2, -0.15) is 0 Å². The number of aryl methyl sites for hydroxylation is 1. The predicted molar refractivity (Wildman–Crippen MR) is 87.8 cm³/mol. The number of carbonyl (C=O) groups is 2. The number of hydrogen-bond donors (Lipinski definition) is 1. The molecule has 1 unspecified atom stereocenters. The van der Waals surface area contributed by atoms with Gasteiger partial charge in [-0.3, -0.25) is 9.59 Å². The van der Waals surface area contributed by atoms with Crippen molar-refractivity contribution >= 4 is 23.4 Å². The minimum atomic E-state index is -0.475. The number of likely N-dealkylation sites (tertiary alicyclic amines) is 1. The first-order chi connectivity index (χ1) is 10.6. The van der Waals surface area contributed by atoms with Crippen molar-refractivity contribution in [1.29, 1.82) is 0 Å². The Hall–Kier alpha value is -1.55. The van der Waals surface area contributed by atoms with E-state index in [9.17, 15) is 9.59 Å². The zero-order valence-electron chi connectivity index (χ0n) is 12.9. The highest BCUT2D eigenvalue weighted by molar-refractivity contribution is 6.30. The molecule has 4 nitrogen and oxygen atoms in total. The van der Waals surface area contributed by atoms with E-state index in [4.69, 9.17) is 11.6 Å². The molecule has 1 aromatic rings. The van der Waals surface area contributed by atoms with Gasteiger partial charge in [-0.25, -0.2) is 0 Å². The fraction of sp³-hybridized carbons (Fsp3) is 0.529. The Balaban J connectivity index is 1.69. The topological polar surface area (TPSA) is 49.4 Å². The van der Waals surface area contributed by atoms with E-state index in [0.717, 1.165) is 19.3 Å². The van der Waals surface area contributed by atoms with Crippen LogP contribution in [0, 0.1) is 0 Å². The van der Waals surface area contributed by atoms with Crippen molar-refractivity contribution in [3.63, 3.8) is 0 Å². The van der Waals surface area contributed by atoms with Gasteiger partial charge in [0.25, 0.3) is 0 Å². The third kappa shape index (κ3) is 5.02. The molecule has 2 rings (SSSR count). The number of carbonyl (C=O) groups excluding carboxylic acids is 2. The van der Waals surface area contributed by atoms with E-state index in [0.29, 0.717) is 19.5 Å². The summed E-state index contributed by atoms with van der Waals surface area (Å²) in [6.07, 6.45) is 2.86. The van der Waals surface area contributed by atoms with Crippen LogP contribution in [-0.4, -0.2) is 41.2 Å². The Morgan fingerprint density at radius 2 is 1.91 bits per heavy atom. The second-order valence-electron chi connectivity index (χ2n) is 5.77. The summed E-state index contributed by atoms with van der Waals surface area (Å²) in [5, 5.41) is 2.59. The molecule has 120 valence electrons. The third-order valence-corrected chi connectivity index (χ3v) is 4.18. The van der Waals surface area contributed by atoms with Crippen LogP contribution < -0.4 is 5.32 Å². The average molecular weight is 323 g/mol. The van der Waals surface area contributed by atoms with Crippen LogP contribution in [0.2, 0.25) is 0 Å². The quantitative estimate of drug-likeness (QED) is 0.846. The van der Waals surface area contributed by atoms with Crippen LogP contribution in [-0.2, 0) is 16.0 Å². The highest BCUT2D eigenvalue weighted by atomic mass is 35.5. The Kier molecular flexibility index (Phi) is 6.25. The van der Waals surface area contributed by atoms with Crippen molar-refractivity contribution in [3.8, 4) is 0 Å². The molecular weight excluding hydrogens is 300 g/mol. The van der Waals surface area contributed by atoms with Gasteiger partial charge in [-0.15, -0.1) is 11.6 Å². The van der Waals surface area contributed by atoms with E-state index in [2.05, 4.69) is 5.32 Å². The van der Waals surface area contributed by atoms with Crippen LogP contribution >= 0.6 is 11.6 Å². The number of amides is 2. The number of alkyl halides is 1. The summed E-state index contributed by atoms with van der Waals surface area (Å²) in [5.41, 5.74) is 1.18. The number of hydrogen-bond acceptors (Lipinski definition) is 2. The van der Waals surface area contributed by atoms with Crippen molar-refractivity contribution in [2.45, 2.75) is 44.0 Å². The number of nitrogens with one attached hydrogen (secondary N) is 1. The maximum absolute atomic E-state index is 12.0. The maximum Gasteiger partial charge on any atom is 0.240 e. The summed E-state index contributed by atoms with van der Waals surface area (Å²) in [6.45, 7) is 3.03. The molecule has 0 spiro atoms. The lowest BCUT2D eigenvalue weighted by molar-refractivity contribution is -0.131. The number of benzene rings is 1. The lowest BCUT2D eigenvalue weighted by atomic mass is 10.0. The van der Waals surface area contributed by atoms with Gasteiger partial charge in [0.15, 0.2) is 0 Å². The van der Waals surface area contributed by atoms with E-state index in [1.54, 1.807) is 11.8 Å². The molecule has 5 heteroatoms. The predicted octanol–water partition coefficient (Wildman–Crippen LogP) is 2.35. The Morgan fingerprint density at radius 1 is 1.27 bits per heavy atom. The second-order valence-corrected chi connectivity index (χ2v) is 6.42. The molecule has 1 atom stereocenters. The zero-order chi connectivity index (χ0) is 15.9. The average Bonchev–Trinajstić information content (AvgIpc) is 2.54. The van der Waals surface area contributed by atoms with Gasteiger partial charge < -0.3 is 10.2 Å². The molecule has 0 aliphatic carbocycles. The minimum absolute atomic E-state index is 0.0180. The first kappa shape index (κ1) is 16.8. The Morgan fingerprint density at radius 3 is 2.50 bits per heavy atom. The van der Waals surface area contributed by atoms with Crippen LogP contribution in [0.4, 0.5) is 0 Å². The molecule has 1 fully saturated rings. The van der Waals surface area contributed by atoms with Crippen LogP contribution in [0.25, 0.3) is 0 Å². The first-order valence-corrected chi connectivity index (χ1v) is 8.26.